The van der Waals surface area contributed by atoms with Crippen molar-refractivity contribution in [3.8, 4) is 0 Å². The van der Waals surface area contributed by atoms with E-state index in [1.54, 1.807) is 17.0 Å². The lowest BCUT2D eigenvalue weighted by Gasteiger charge is -2.01. The van der Waals surface area contributed by atoms with Crippen LogP contribution in [0.25, 0.3) is 11.0 Å². The third-order valence-electron chi connectivity index (χ3n) is 2.56. The maximum absolute atomic E-state index is 11.6. The Hall–Kier alpha value is -1.78. The standard InChI is InChI=1S/C9H10N4O/c10-6-3-11-4-7-8(6)13(5-1-2-5)9(14)12-7/h3-5H,1-2,10H2,(H,12,14). The zero-order valence-electron chi connectivity index (χ0n) is 7.53. The van der Waals surface area contributed by atoms with Gasteiger partial charge in [-0.25, -0.2) is 4.79 Å². The molecule has 0 amide bonds. The monoisotopic (exact) mass is 190 g/mol. The van der Waals surface area contributed by atoms with Crippen LogP contribution in [0.15, 0.2) is 17.2 Å². The van der Waals surface area contributed by atoms with Crippen LogP contribution in [0, 0.1) is 0 Å². The summed E-state index contributed by atoms with van der Waals surface area (Å²) >= 11 is 0. The van der Waals surface area contributed by atoms with Gasteiger partial charge < -0.3 is 10.7 Å². The fraction of sp³-hybridized carbons (Fsp3) is 0.333. The highest BCUT2D eigenvalue weighted by Crippen LogP contribution is 2.36. The van der Waals surface area contributed by atoms with Gasteiger partial charge in [-0.3, -0.25) is 9.55 Å². The van der Waals surface area contributed by atoms with E-state index in [2.05, 4.69) is 9.97 Å². The van der Waals surface area contributed by atoms with E-state index in [0.717, 1.165) is 23.9 Å². The van der Waals surface area contributed by atoms with Gasteiger partial charge in [0.1, 0.15) is 0 Å². The largest absolute Gasteiger partial charge is 0.396 e. The van der Waals surface area contributed by atoms with E-state index in [0.29, 0.717) is 11.7 Å². The number of imidazole rings is 1. The lowest BCUT2D eigenvalue weighted by atomic mass is 10.3. The first-order valence-electron chi connectivity index (χ1n) is 4.61. The highest BCUT2D eigenvalue weighted by atomic mass is 16.1. The van der Waals surface area contributed by atoms with Crippen LogP contribution >= 0.6 is 0 Å². The predicted molar refractivity (Wildman–Crippen MR) is 53.0 cm³/mol. The van der Waals surface area contributed by atoms with Crippen molar-refractivity contribution < 1.29 is 0 Å². The number of hydrogen-bond acceptors (Lipinski definition) is 3. The van der Waals surface area contributed by atoms with Gasteiger partial charge in [0, 0.05) is 6.04 Å². The second kappa shape index (κ2) is 2.37. The van der Waals surface area contributed by atoms with Crippen molar-refractivity contribution in [1.82, 2.24) is 14.5 Å². The van der Waals surface area contributed by atoms with Crippen LogP contribution in [-0.2, 0) is 0 Å². The molecule has 2 aromatic heterocycles. The Morgan fingerprint density at radius 3 is 3.00 bits per heavy atom. The molecule has 14 heavy (non-hydrogen) atoms. The number of nitrogen functional groups attached to an aromatic ring is 1. The van der Waals surface area contributed by atoms with Crippen molar-refractivity contribution in [2.24, 2.45) is 0 Å². The van der Waals surface area contributed by atoms with Gasteiger partial charge in [0.05, 0.1) is 29.1 Å². The fourth-order valence-corrected chi connectivity index (χ4v) is 1.79. The molecule has 5 heteroatoms. The summed E-state index contributed by atoms with van der Waals surface area (Å²) in [4.78, 5) is 18.3. The molecular weight excluding hydrogens is 180 g/mol. The molecule has 1 aliphatic rings. The summed E-state index contributed by atoms with van der Waals surface area (Å²) in [5, 5.41) is 0. The quantitative estimate of drug-likeness (QED) is 0.692. The molecule has 0 bridgehead atoms. The predicted octanol–water partition coefficient (Wildman–Crippen LogP) is 0.642. The van der Waals surface area contributed by atoms with Gasteiger partial charge in [0.15, 0.2) is 0 Å². The summed E-state index contributed by atoms with van der Waals surface area (Å²) in [5.74, 6) is 0. The number of anilines is 1. The molecule has 1 aliphatic carbocycles. The number of hydrogen-bond donors (Lipinski definition) is 2. The molecule has 3 rings (SSSR count). The first-order valence-corrected chi connectivity index (χ1v) is 4.61. The van der Waals surface area contributed by atoms with Gasteiger partial charge in [-0.2, -0.15) is 0 Å². The average molecular weight is 190 g/mol. The van der Waals surface area contributed by atoms with E-state index in [1.807, 2.05) is 0 Å². The molecule has 0 aliphatic heterocycles. The minimum atomic E-state index is -0.0813. The van der Waals surface area contributed by atoms with Crippen LogP contribution in [0.5, 0.6) is 0 Å². The van der Waals surface area contributed by atoms with Crippen molar-refractivity contribution in [2.45, 2.75) is 18.9 Å². The zero-order chi connectivity index (χ0) is 9.71. The molecule has 2 heterocycles. The molecule has 0 atom stereocenters. The summed E-state index contributed by atoms with van der Waals surface area (Å²) in [6.07, 6.45) is 5.34. The number of aromatic nitrogens is 3. The Kier molecular flexibility index (Phi) is 1.29. The van der Waals surface area contributed by atoms with Crippen LogP contribution < -0.4 is 11.4 Å². The van der Waals surface area contributed by atoms with E-state index in [4.69, 9.17) is 5.73 Å². The summed E-state index contributed by atoms with van der Waals surface area (Å²) in [6, 6.07) is 0.334. The average Bonchev–Trinajstić information content (AvgIpc) is 2.90. The maximum atomic E-state index is 11.6. The highest BCUT2D eigenvalue weighted by Gasteiger charge is 2.27. The van der Waals surface area contributed by atoms with Gasteiger partial charge >= 0.3 is 5.69 Å². The Balaban J connectivity index is 2.45. The van der Waals surface area contributed by atoms with Crippen molar-refractivity contribution in [2.75, 3.05) is 5.73 Å². The molecule has 3 N–H and O–H groups in total. The van der Waals surface area contributed by atoms with Gasteiger partial charge in [0.2, 0.25) is 0 Å². The SMILES string of the molecule is Nc1cncc2[nH]c(=O)n(C3CC3)c12. The molecule has 0 unspecified atom stereocenters. The van der Waals surface area contributed by atoms with Crippen LogP contribution in [0.1, 0.15) is 18.9 Å². The van der Waals surface area contributed by atoms with Crippen LogP contribution in [0.3, 0.4) is 0 Å². The third kappa shape index (κ3) is 0.891. The number of H-pyrrole nitrogens is 1. The molecule has 0 radical (unpaired) electrons. The van der Waals surface area contributed by atoms with E-state index >= 15 is 0 Å². The molecule has 2 aromatic rings. The number of fused-ring (bicyclic) bond motifs is 1. The summed E-state index contributed by atoms with van der Waals surface area (Å²) in [5.41, 5.74) is 7.80. The van der Waals surface area contributed by atoms with E-state index in [9.17, 15) is 4.79 Å². The fourth-order valence-electron chi connectivity index (χ4n) is 1.79. The molecular formula is C9H10N4O. The minimum absolute atomic E-state index is 0.0813. The molecule has 72 valence electrons. The van der Waals surface area contributed by atoms with Gasteiger partial charge in [-0.1, -0.05) is 0 Å². The van der Waals surface area contributed by atoms with E-state index < -0.39 is 0 Å². The van der Waals surface area contributed by atoms with Crippen LogP contribution in [0.4, 0.5) is 5.69 Å². The molecule has 1 fully saturated rings. The second-order valence-corrected chi connectivity index (χ2v) is 3.66. The zero-order valence-corrected chi connectivity index (χ0v) is 7.53. The Morgan fingerprint density at radius 1 is 1.50 bits per heavy atom. The highest BCUT2D eigenvalue weighted by molar-refractivity contribution is 5.86. The normalized spacial score (nSPS) is 16.3. The van der Waals surface area contributed by atoms with E-state index in [-0.39, 0.29) is 5.69 Å². The Labute approximate surface area is 79.6 Å². The van der Waals surface area contributed by atoms with Crippen molar-refractivity contribution in [3.63, 3.8) is 0 Å². The summed E-state index contributed by atoms with van der Waals surface area (Å²) in [7, 11) is 0. The lowest BCUT2D eigenvalue weighted by molar-refractivity contribution is 0.734. The van der Waals surface area contributed by atoms with Crippen molar-refractivity contribution in [3.05, 3.63) is 22.9 Å². The van der Waals surface area contributed by atoms with Crippen molar-refractivity contribution >= 4 is 16.7 Å². The molecule has 1 saturated carbocycles. The molecule has 0 spiro atoms. The summed E-state index contributed by atoms with van der Waals surface area (Å²) in [6.45, 7) is 0. The minimum Gasteiger partial charge on any atom is -0.396 e. The molecule has 5 nitrogen and oxygen atoms in total. The smallest absolute Gasteiger partial charge is 0.326 e. The second-order valence-electron chi connectivity index (χ2n) is 3.66. The lowest BCUT2D eigenvalue weighted by Crippen LogP contribution is -2.15. The molecule has 0 saturated heterocycles. The first kappa shape index (κ1) is 7.61. The number of rotatable bonds is 1. The third-order valence-corrected chi connectivity index (χ3v) is 2.56. The topological polar surface area (TPSA) is 76.7 Å². The van der Waals surface area contributed by atoms with Crippen LogP contribution in [-0.4, -0.2) is 14.5 Å². The Morgan fingerprint density at radius 2 is 2.29 bits per heavy atom. The molecule has 0 aromatic carbocycles. The Bertz CT molecular complexity index is 549. The van der Waals surface area contributed by atoms with Crippen LogP contribution in [0.2, 0.25) is 0 Å². The number of nitrogens with one attached hydrogen (secondary N) is 1. The van der Waals surface area contributed by atoms with Crippen molar-refractivity contribution in [1.29, 1.82) is 0 Å². The van der Waals surface area contributed by atoms with Gasteiger partial charge in [-0.15, -0.1) is 0 Å². The number of nitrogens with two attached hydrogens (primary N) is 1. The summed E-state index contributed by atoms with van der Waals surface area (Å²) < 4.78 is 1.74. The maximum Gasteiger partial charge on any atom is 0.326 e. The first-order chi connectivity index (χ1) is 6.77. The van der Waals surface area contributed by atoms with Gasteiger partial charge in [-0.05, 0) is 12.8 Å². The number of aromatic amines is 1. The van der Waals surface area contributed by atoms with E-state index in [1.165, 1.54) is 0 Å². The van der Waals surface area contributed by atoms with Gasteiger partial charge in [0.25, 0.3) is 0 Å². The number of pyridine rings is 1. The number of nitrogens with zero attached hydrogens (tertiary/aromatic N) is 2.